The first kappa shape index (κ1) is 19.3. The molecular weight excluding hydrogens is 432 g/mol. The van der Waals surface area contributed by atoms with Gasteiger partial charge in [0.2, 0.25) is 5.91 Å². The van der Waals surface area contributed by atoms with Crippen molar-refractivity contribution in [3.8, 4) is 11.1 Å². The van der Waals surface area contributed by atoms with Crippen LogP contribution in [0.3, 0.4) is 0 Å². The van der Waals surface area contributed by atoms with Crippen molar-refractivity contribution in [3.63, 3.8) is 0 Å². The van der Waals surface area contributed by atoms with Crippen LogP contribution in [0.5, 0.6) is 0 Å². The zero-order valence-corrected chi connectivity index (χ0v) is 17.1. The van der Waals surface area contributed by atoms with E-state index in [1.165, 1.54) is 0 Å². The fraction of sp³-hybridized carbons (Fsp3) is 0.136. The first-order chi connectivity index (χ1) is 14.0. The maximum Gasteiger partial charge on any atom is 0.251 e. The molecule has 1 unspecified atom stereocenters. The minimum Gasteiger partial charge on any atom is -0.340 e. The second-order valence-corrected chi connectivity index (χ2v) is 7.73. The molecule has 1 atom stereocenters. The molecule has 0 radical (unpaired) electrons. The molecule has 4 N–H and O–H groups in total. The summed E-state index contributed by atoms with van der Waals surface area (Å²) in [5, 5.41) is 5.55. The SMILES string of the molecule is NCc1ccccc1-c1ccc(C(=O)NC2Cc3cc(Br)cnc3NC2=O)cc1. The number of halogens is 1. The molecule has 0 bridgehead atoms. The van der Waals surface area contributed by atoms with Crippen molar-refractivity contribution < 1.29 is 9.59 Å². The lowest BCUT2D eigenvalue weighted by molar-refractivity contribution is -0.118. The van der Waals surface area contributed by atoms with Crippen LogP contribution in [0.4, 0.5) is 5.82 Å². The van der Waals surface area contributed by atoms with E-state index in [9.17, 15) is 9.59 Å². The number of aromatic nitrogens is 1. The van der Waals surface area contributed by atoms with Gasteiger partial charge in [-0.1, -0.05) is 36.4 Å². The first-order valence-corrected chi connectivity index (χ1v) is 9.99. The van der Waals surface area contributed by atoms with Gasteiger partial charge in [0, 0.05) is 29.2 Å². The maximum absolute atomic E-state index is 12.7. The molecule has 2 aromatic carbocycles. The first-order valence-electron chi connectivity index (χ1n) is 9.19. The summed E-state index contributed by atoms with van der Waals surface area (Å²) in [6.45, 7) is 0.446. The number of fused-ring (bicyclic) bond motifs is 1. The predicted octanol–water partition coefficient (Wildman–Crippen LogP) is 3.26. The number of anilines is 1. The fourth-order valence-corrected chi connectivity index (χ4v) is 3.78. The molecule has 1 aliphatic heterocycles. The highest BCUT2D eigenvalue weighted by atomic mass is 79.9. The molecule has 2 amide bonds. The minimum atomic E-state index is -0.649. The molecule has 0 fully saturated rings. The number of benzene rings is 2. The van der Waals surface area contributed by atoms with Crippen LogP contribution in [0.2, 0.25) is 0 Å². The average molecular weight is 451 g/mol. The van der Waals surface area contributed by atoms with Gasteiger partial charge in [-0.15, -0.1) is 0 Å². The molecule has 29 heavy (non-hydrogen) atoms. The molecule has 7 heteroatoms. The summed E-state index contributed by atoms with van der Waals surface area (Å²) in [5.41, 5.74) is 10.3. The van der Waals surface area contributed by atoms with Gasteiger partial charge in [-0.3, -0.25) is 9.59 Å². The molecule has 0 aliphatic carbocycles. The summed E-state index contributed by atoms with van der Waals surface area (Å²) >= 11 is 3.38. The summed E-state index contributed by atoms with van der Waals surface area (Å²) in [5.74, 6) is -0.0315. The number of carbonyl (C=O) groups excluding carboxylic acids is 2. The molecule has 0 saturated heterocycles. The summed E-state index contributed by atoms with van der Waals surface area (Å²) in [7, 11) is 0. The Bertz CT molecular complexity index is 1080. The van der Waals surface area contributed by atoms with Gasteiger partial charge in [-0.25, -0.2) is 4.98 Å². The molecule has 2 heterocycles. The van der Waals surface area contributed by atoms with Crippen LogP contribution in [0, 0.1) is 0 Å². The van der Waals surface area contributed by atoms with Gasteiger partial charge in [0.05, 0.1) is 0 Å². The van der Waals surface area contributed by atoms with E-state index in [0.717, 1.165) is 26.7 Å². The zero-order chi connectivity index (χ0) is 20.4. The molecule has 0 spiro atoms. The Labute approximate surface area is 176 Å². The Kier molecular flexibility index (Phi) is 5.42. The van der Waals surface area contributed by atoms with Crippen molar-refractivity contribution in [1.29, 1.82) is 0 Å². The van der Waals surface area contributed by atoms with Gasteiger partial charge >= 0.3 is 0 Å². The number of hydrogen-bond acceptors (Lipinski definition) is 4. The number of nitrogens with one attached hydrogen (secondary N) is 2. The van der Waals surface area contributed by atoms with Gasteiger partial charge < -0.3 is 16.4 Å². The van der Waals surface area contributed by atoms with E-state index in [0.29, 0.717) is 24.3 Å². The van der Waals surface area contributed by atoms with Crippen molar-refractivity contribution in [1.82, 2.24) is 10.3 Å². The summed E-state index contributed by atoms with van der Waals surface area (Å²) in [6, 6.07) is 16.4. The monoisotopic (exact) mass is 450 g/mol. The fourth-order valence-electron chi connectivity index (χ4n) is 3.41. The van der Waals surface area contributed by atoms with E-state index < -0.39 is 6.04 Å². The lowest BCUT2D eigenvalue weighted by Gasteiger charge is -2.24. The van der Waals surface area contributed by atoms with Gasteiger partial charge in [0.15, 0.2) is 0 Å². The third-order valence-electron chi connectivity index (χ3n) is 4.92. The number of rotatable bonds is 4. The Morgan fingerprint density at radius 3 is 2.72 bits per heavy atom. The van der Waals surface area contributed by atoms with Crippen molar-refractivity contribution >= 4 is 33.6 Å². The normalized spacial score (nSPS) is 15.4. The van der Waals surface area contributed by atoms with E-state index in [-0.39, 0.29) is 11.8 Å². The summed E-state index contributed by atoms with van der Waals surface area (Å²) in [4.78, 5) is 29.2. The third kappa shape index (κ3) is 4.06. The molecule has 1 aromatic heterocycles. The minimum absolute atomic E-state index is 0.269. The number of nitrogens with two attached hydrogens (primary N) is 1. The molecule has 0 saturated carbocycles. The third-order valence-corrected chi connectivity index (χ3v) is 5.35. The van der Waals surface area contributed by atoms with E-state index in [4.69, 9.17) is 5.73 Å². The van der Waals surface area contributed by atoms with Gasteiger partial charge in [0.1, 0.15) is 11.9 Å². The topological polar surface area (TPSA) is 97.1 Å². The van der Waals surface area contributed by atoms with Crippen LogP contribution in [-0.2, 0) is 17.8 Å². The standard InChI is InChI=1S/C22H19BrN4O2/c23-17-9-16-10-19(22(29)27-20(16)25-12-17)26-21(28)14-7-5-13(6-8-14)18-4-2-1-3-15(18)11-24/h1-9,12,19H,10-11,24H2,(H,26,28)(H,25,27,29). The number of nitrogens with zero attached hydrogens (tertiary/aromatic N) is 1. The number of pyridine rings is 1. The number of carbonyl (C=O) groups is 2. The quantitative estimate of drug-likeness (QED) is 0.567. The average Bonchev–Trinajstić information content (AvgIpc) is 2.74. The maximum atomic E-state index is 12.7. The number of hydrogen-bond donors (Lipinski definition) is 3. The lowest BCUT2D eigenvalue weighted by atomic mass is 9.98. The van der Waals surface area contributed by atoms with Crippen LogP contribution in [0.15, 0.2) is 65.3 Å². The van der Waals surface area contributed by atoms with Crippen LogP contribution in [0.25, 0.3) is 11.1 Å². The van der Waals surface area contributed by atoms with Crippen LogP contribution >= 0.6 is 15.9 Å². The Morgan fingerprint density at radius 1 is 1.21 bits per heavy atom. The van der Waals surface area contributed by atoms with Gasteiger partial charge in [-0.2, -0.15) is 0 Å². The van der Waals surface area contributed by atoms with E-state index in [1.54, 1.807) is 18.3 Å². The zero-order valence-electron chi connectivity index (χ0n) is 15.5. The number of amides is 2. The van der Waals surface area contributed by atoms with Crippen molar-refractivity contribution in [2.45, 2.75) is 19.0 Å². The Balaban J connectivity index is 1.50. The molecule has 4 rings (SSSR count). The van der Waals surface area contributed by atoms with Crippen LogP contribution < -0.4 is 16.4 Å². The second-order valence-electron chi connectivity index (χ2n) is 6.82. The largest absolute Gasteiger partial charge is 0.340 e. The Morgan fingerprint density at radius 2 is 1.97 bits per heavy atom. The molecule has 146 valence electrons. The van der Waals surface area contributed by atoms with E-state index >= 15 is 0 Å². The van der Waals surface area contributed by atoms with E-state index in [1.807, 2.05) is 42.5 Å². The van der Waals surface area contributed by atoms with Crippen LogP contribution in [0.1, 0.15) is 21.5 Å². The highest BCUT2D eigenvalue weighted by molar-refractivity contribution is 9.10. The van der Waals surface area contributed by atoms with Crippen LogP contribution in [-0.4, -0.2) is 22.8 Å². The highest BCUT2D eigenvalue weighted by Gasteiger charge is 2.28. The summed E-state index contributed by atoms with van der Waals surface area (Å²) < 4.78 is 0.825. The predicted molar refractivity (Wildman–Crippen MR) is 115 cm³/mol. The van der Waals surface area contributed by atoms with E-state index in [2.05, 4.69) is 31.5 Å². The Hall–Kier alpha value is -3.03. The second kappa shape index (κ2) is 8.14. The van der Waals surface area contributed by atoms with Crippen molar-refractivity contribution in [2.24, 2.45) is 5.73 Å². The highest BCUT2D eigenvalue weighted by Crippen LogP contribution is 2.25. The smallest absolute Gasteiger partial charge is 0.251 e. The summed E-state index contributed by atoms with van der Waals surface area (Å²) in [6.07, 6.45) is 2.02. The van der Waals surface area contributed by atoms with Gasteiger partial charge in [0.25, 0.3) is 5.91 Å². The molecule has 3 aromatic rings. The molecule has 6 nitrogen and oxygen atoms in total. The lowest BCUT2D eigenvalue weighted by Crippen LogP contribution is -2.47. The molecule has 1 aliphatic rings. The van der Waals surface area contributed by atoms with Crippen molar-refractivity contribution in [3.05, 3.63) is 82.0 Å². The molecular formula is C22H19BrN4O2. The van der Waals surface area contributed by atoms with Crippen molar-refractivity contribution in [2.75, 3.05) is 5.32 Å². The van der Waals surface area contributed by atoms with Gasteiger partial charge in [-0.05, 0) is 56.4 Å².